The van der Waals surface area contributed by atoms with Gasteiger partial charge in [-0.25, -0.2) is 5.43 Å². The van der Waals surface area contributed by atoms with Gasteiger partial charge in [0.1, 0.15) is 0 Å². The molecule has 0 unspecified atom stereocenters. The van der Waals surface area contributed by atoms with Gasteiger partial charge in [0.2, 0.25) is 5.91 Å². The summed E-state index contributed by atoms with van der Waals surface area (Å²) in [6, 6.07) is 3.62. The molecule has 4 nitrogen and oxygen atoms in total. The zero-order valence-corrected chi connectivity index (χ0v) is 8.32. The van der Waals surface area contributed by atoms with Crippen molar-refractivity contribution in [3.05, 3.63) is 30.1 Å². The van der Waals surface area contributed by atoms with E-state index in [0.29, 0.717) is 6.42 Å². The number of rotatable bonds is 3. The van der Waals surface area contributed by atoms with Crippen LogP contribution < -0.4 is 5.43 Å². The van der Waals surface area contributed by atoms with Crippen molar-refractivity contribution >= 4 is 11.6 Å². The highest BCUT2D eigenvalue weighted by atomic mass is 16.2. The second kappa shape index (κ2) is 5.11. The van der Waals surface area contributed by atoms with Crippen LogP contribution in [0.25, 0.3) is 0 Å². The lowest BCUT2D eigenvalue weighted by Crippen LogP contribution is -2.20. The van der Waals surface area contributed by atoms with E-state index in [0.717, 1.165) is 11.3 Å². The Morgan fingerprint density at radius 1 is 1.43 bits per heavy atom. The highest BCUT2D eigenvalue weighted by Crippen LogP contribution is 1.96. The van der Waals surface area contributed by atoms with Crippen molar-refractivity contribution in [1.82, 2.24) is 10.4 Å². The number of hydrazone groups is 1. The molecule has 1 rings (SSSR count). The Kier molecular flexibility index (Phi) is 3.79. The van der Waals surface area contributed by atoms with Gasteiger partial charge in [-0.1, -0.05) is 0 Å². The molecule has 1 heterocycles. The van der Waals surface area contributed by atoms with Crippen LogP contribution in [0.1, 0.15) is 19.4 Å². The summed E-state index contributed by atoms with van der Waals surface area (Å²) >= 11 is 0. The van der Waals surface area contributed by atoms with Crippen molar-refractivity contribution in [2.24, 2.45) is 5.10 Å². The molecular formula is C10H13N3O. The summed E-state index contributed by atoms with van der Waals surface area (Å²) in [5.41, 5.74) is 4.22. The fourth-order valence-corrected chi connectivity index (χ4v) is 0.900. The fourth-order valence-electron chi connectivity index (χ4n) is 0.900. The molecule has 0 aromatic carbocycles. The van der Waals surface area contributed by atoms with Gasteiger partial charge in [0.05, 0.1) is 6.42 Å². The molecule has 0 spiro atoms. The Hall–Kier alpha value is -1.71. The van der Waals surface area contributed by atoms with Crippen LogP contribution in [0.2, 0.25) is 0 Å². The molecule has 74 valence electrons. The Morgan fingerprint density at radius 2 is 2.07 bits per heavy atom. The number of amides is 1. The first kappa shape index (κ1) is 10.4. The number of pyridine rings is 1. The standard InChI is InChI=1S/C10H13N3O/c1-8(2)12-13-10(14)7-9-3-5-11-6-4-9/h3-6H,7H2,1-2H3,(H,13,14). The number of carbonyl (C=O) groups is 1. The molecule has 0 aliphatic heterocycles. The topological polar surface area (TPSA) is 54.4 Å². The Balaban J connectivity index is 2.46. The van der Waals surface area contributed by atoms with Gasteiger partial charge in [-0.2, -0.15) is 5.10 Å². The van der Waals surface area contributed by atoms with Gasteiger partial charge < -0.3 is 0 Å². The highest BCUT2D eigenvalue weighted by Gasteiger charge is 2.00. The summed E-state index contributed by atoms with van der Waals surface area (Å²) < 4.78 is 0. The molecule has 0 fully saturated rings. The molecule has 4 heteroatoms. The molecule has 1 aromatic heterocycles. The van der Waals surface area contributed by atoms with Gasteiger partial charge in [0.25, 0.3) is 0 Å². The first-order valence-electron chi connectivity index (χ1n) is 4.37. The maximum Gasteiger partial charge on any atom is 0.244 e. The predicted octanol–water partition coefficient (Wildman–Crippen LogP) is 1.14. The highest BCUT2D eigenvalue weighted by molar-refractivity contribution is 5.83. The lowest BCUT2D eigenvalue weighted by Gasteiger charge is -1.99. The van der Waals surface area contributed by atoms with Gasteiger partial charge in [0, 0.05) is 18.1 Å². The Morgan fingerprint density at radius 3 is 2.64 bits per heavy atom. The molecule has 1 aromatic rings. The third-order valence-corrected chi connectivity index (χ3v) is 1.52. The molecule has 0 saturated carbocycles. The smallest absolute Gasteiger partial charge is 0.244 e. The second-order valence-electron chi connectivity index (χ2n) is 3.13. The molecule has 0 saturated heterocycles. The van der Waals surface area contributed by atoms with E-state index >= 15 is 0 Å². The number of nitrogens with one attached hydrogen (secondary N) is 1. The summed E-state index contributed by atoms with van der Waals surface area (Å²) in [4.78, 5) is 15.1. The van der Waals surface area contributed by atoms with Gasteiger partial charge in [0.15, 0.2) is 0 Å². The van der Waals surface area contributed by atoms with E-state index in [1.54, 1.807) is 12.4 Å². The lowest BCUT2D eigenvalue weighted by molar-refractivity contribution is -0.120. The number of nitrogens with zero attached hydrogens (tertiary/aromatic N) is 2. The SMILES string of the molecule is CC(C)=NNC(=O)Cc1ccncc1. The molecular weight excluding hydrogens is 178 g/mol. The van der Waals surface area contributed by atoms with Crippen LogP contribution in [-0.2, 0) is 11.2 Å². The molecule has 0 aliphatic carbocycles. The predicted molar refractivity (Wildman–Crippen MR) is 54.9 cm³/mol. The van der Waals surface area contributed by atoms with Gasteiger partial charge in [-0.05, 0) is 31.5 Å². The number of hydrogen-bond donors (Lipinski definition) is 1. The van der Waals surface area contributed by atoms with E-state index in [2.05, 4.69) is 15.5 Å². The maximum absolute atomic E-state index is 11.3. The molecule has 0 radical (unpaired) electrons. The first-order chi connectivity index (χ1) is 6.68. The van der Waals surface area contributed by atoms with Crippen molar-refractivity contribution in [3.63, 3.8) is 0 Å². The maximum atomic E-state index is 11.3. The minimum atomic E-state index is -0.114. The normalized spacial score (nSPS) is 9.29. The average Bonchev–Trinajstić information content (AvgIpc) is 2.16. The Bertz CT molecular complexity index is 328. The summed E-state index contributed by atoms with van der Waals surface area (Å²) in [6.45, 7) is 3.65. The lowest BCUT2D eigenvalue weighted by atomic mass is 10.2. The van der Waals surface area contributed by atoms with Crippen LogP contribution in [0.15, 0.2) is 29.6 Å². The molecule has 1 amide bonds. The third-order valence-electron chi connectivity index (χ3n) is 1.52. The zero-order chi connectivity index (χ0) is 10.4. The minimum absolute atomic E-state index is 0.114. The Labute approximate surface area is 83.1 Å². The number of hydrogen-bond acceptors (Lipinski definition) is 3. The van der Waals surface area contributed by atoms with Crippen LogP contribution in [0.3, 0.4) is 0 Å². The van der Waals surface area contributed by atoms with Crippen molar-refractivity contribution in [1.29, 1.82) is 0 Å². The van der Waals surface area contributed by atoms with Crippen LogP contribution >= 0.6 is 0 Å². The van der Waals surface area contributed by atoms with Crippen LogP contribution in [-0.4, -0.2) is 16.6 Å². The fraction of sp³-hybridized carbons (Fsp3) is 0.300. The van der Waals surface area contributed by atoms with Crippen molar-refractivity contribution in [2.75, 3.05) is 0 Å². The van der Waals surface area contributed by atoms with E-state index < -0.39 is 0 Å². The van der Waals surface area contributed by atoms with E-state index in [-0.39, 0.29) is 5.91 Å². The van der Waals surface area contributed by atoms with Crippen LogP contribution in [0, 0.1) is 0 Å². The zero-order valence-electron chi connectivity index (χ0n) is 8.32. The molecule has 0 aliphatic rings. The van der Waals surface area contributed by atoms with Gasteiger partial charge >= 0.3 is 0 Å². The molecule has 14 heavy (non-hydrogen) atoms. The monoisotopic (exact) mass is 191 g/mol. The summed E-state index contributed by atoms with van der Waals surface area (Å²) in [5.74, 6) is -0.114. The van der Waals surface area contributed by atoms with E-state index in [4.69, 9.17) is 0 Å². The quantitative estimate of drug-likeness (QED) is 0.575. The van der Waals surface area contributed by atoms with Crippen molar-refractivity contribution < 1.29 is 4.79 Å². The van der Waals surface area contributed by atoms with E-state index in [9.17, 15) is 4.79 Å². The second-order valence-corrected chi connectivity index (χ2v) is 3.13. The summed E-state index contributed by atoms with van der Waals surface area (Å²) in [7, 11) is 0. The summed E-state index contributed by atoms with van der Waals surface area (Å²) in [6.07, 6.45) is 3.66. The molecule has 1 N–H and O–H groups in total. The summed E-state index contributed by atoms with van der Waals surface area (Å²) in [5, 5.41) is 3.82. The van der Waals surface area contributed by atoms with Crippen LogP contribution in [0.4, 0.5) is 0 Å². The minimum Gasteiger partial charge on any atom is -0.273 e. The van der Waals surface area contributed by atoms with Crippen molar-refractivity contribution in [3.8, 4) is 0 Å². The molecule has 0 atom stereocenters. The molecule has 0 bridgehead atoms. The van der Waals surface area contributed by atoms with E-state index in [1.807, 2.05) is 26.0 Å². The van der Waals surface area contributed by atoms with Crippen LogP contribution in [0.5, 0.6) is 0 Å². The van der Waals surface area contributed by atoms with E-state index in [1.165, 1.54) is 0 Å². The van der Waals surface area contributed by atoms with Crippen molar-refractivity contribution in [2.45, 2.75) is 20.3 Å². The third kappa shape index (κ3) is 3.80. The average molecular weight is 191 g/mol. The van der Waals surface area contributed by atoms with Gasteiger partial charge in [-0.3, -0.25) is 9.78 Å². The van der Waals surface area contributed by atoms with Gasteiger partial charge in [-0.15, -0.1) is 0 Å². The largest absolute Gasteiger partial charge is 0.273 e. The number of aromatic nitrogens is 1. The number of carbonyl (C=O) groups excluding carboxylic acids is 1. The first-order valence-corrected chi connectivity index (χ1v) is 4.37.